The summed E-state index contributed by atoms with van der Waals surface area (Å²) < 4.78 is 0. The Hall–Kier alpha value is -3.02. The van der Waals surface area contributed by atoms with Gasteiger partial charge in [0.05, 0.1) is 16.7 Å². The molecule has 6 nitrogen and oxygen atoms in total. The summed E-state index contributed by atoms with van der Waals surface area (Å²) in [5.74, 6) is -1.93. The molecule has 2 amide bonds. The van der Waals surface area contributed by atoms with Gasteiger partial charge in [-0.15, -0.1) is 0 Å². The minimum Gasteiger partial charge on any atom is -0.324 e. The molecule has 1 aromatic heterocycles. The Morgan fingerprint density at radius 3 is 2.40 bits per heavy atom. The van der Waals surface area contributed by atoms with Gasteiger partial charge < -0.3 is 4.84 Å². The van der Waals surface area contributed by atoms with Crippen LogP contribution in [0.15, 0.2) is 30.3 Å². The minimum absolute atomic E-state index is 0.244. The van der Waals surface area contributed by atoms with E-state index in [-0.39, 0.29) is 11.1 Å². The highest BCUT2D eigenvalue weighted by atomic mass is 16.7. The van der Waals surface area contributed by atoms with E-state index < -0.39 is 17.8 Å². The molecule has 6 heteroatoms. The summed E-state index contributed by atoms with van der Waals surface area (Å²) in [4.78, 5) is 47.0. The van der Waals surface area contributed by atoms with E-state index in [9.17, 15) is 14.4 Å². The van der Waals surface area contributed by atoms with Crippen molar-refractivity contribution in [3.63, 3.8) is 0 Å². The molecule has 2 heterocycles. The maximum Gasteiger partial charge on any atom is 0.364 e. The summed E-state index contributed by atoms with van der Waals surface area (Å²) in [5.41, 5.74) is 3.36. The molecule has 4 rings (SSSR count). The third-order valence-corrected chi connectivity index (χ3v) is 4.58. The molecule has 0 N–H and O–H groups in total. The predicted octanol–water partition coefficient (Wildman–Crippen LogP) is 2.64. The maximum absolute atomic E-state index is 12.7. The largest absolute Gasteiger partial charge is 0.364 e. The number of amides is 2. The van der Waals surface area contributed by atoms with Crippen molar-refractivity contribution in [2.24, 2.45) is 0 Å². The van der Waals surface area contributed by atoms with Crippen LogP contribution in [0.3, 0.4) is 0 Å². The highest BCUT2D eigenvalue weighted by molar-refractivity contribution is 6.21. The fourth-order valence-corrected chi connectivity index (χ4v) is 3.41. The lowest BCUT2D eigenvalue weighted by atomic mass is 9.92. The van der Waals surface area contributed by atoms with Gasteiger partial charge in [0.15, 0.2) is 0 Å². The average molecular weight is 336 g/mol. The van der Waals surface area contributed by atoms with Crippen LogP contribution in [-0.4, -0.2) is 27.8 Å². The number of pyridine rings is 1. The highest BCUT2D eigenvalue weighted by Crippen LogP contribution is 2.27. The molecule has 0 fully saturated rings. The second kappa shape index (κ2) is 5.81. The fraction of sp³-hybridized carbons (Fsp3) is 0.263. The number of rotatable bonds is 2. The van der Waals surface area contributed by atoms with Gasteiger partial charge in [0.1, 0.15) is 0 Å². The van der Waals surface area contributed by atoms with Gasteiger partial charge in [0.2, 0.25) is 0 Å². The molecule has 25 heavy (non-hydrogen) atoms. The molecule has 0 spiro atoms. The van der Waals surface area contributed by atoms with E-state index in [4.69, 9.17) is 4.84 Å². The van der Waals surface area contributed by atoms with Crippen LogP contribution in [0.5, 0.6) is 0 Å². The molecule has 126 valence electrons. The quantitative estimate of drug-likeness (QED) is 0.788. The smallest absolute Gasteiger partial charge is 0.324 e. The Morgan fingerprint density at radius 2 is 1.72 bits per heavy atom. The Bertz CT molecular complexity index is 885. The van der Waals surface area contributed by atoms with E-state index in [0.717, 1.165) is 42.6 Å². The first-order valence-corrected chi connectivity index (χ1v) is 8.26. The van der Waals surface area contributed by atoms with Gasteiger partial charge in [-0.05, 0) is 56.4 Å². The fourth-order valence-electron chi connectivity index (χ4n) is 3.41. The number of carbonyl (C=O) groups is 3. The third-order valence-electron chi connectivity index (χ3n) is 4.58. The maximum atomic E-state index is 12.7. The molecular formula is C19H16N2O4. The van der Waals surface area contributed by atoms with Crippen LogP contribution in [0.4, 0.5) is 0 Å². The molecule has 2 aromatic rings. The number of hydrogen-bond acceptors (Lipinski definition) is 5. The van der Waals surface area contributed by atoms with Crippen LogP contribution in [0.1, 0.15) is 60.9 Å². The number of hydroxylamine groups is 2. The van der Waals surface area contributed by atoms with Crippen molar-refractivity contribution in [1.82, 2.24) is 10.0 Å². The highest BCUT2D eigenvalue weighted by Gasteiger charge is 2.39. The first-order valence-electron chi connectivity index (χ1n) is 8.26. The van der Waals surface area contributed by atoms with Gasteiger partial charge in [-0.1, -0.05) is 17.2 Å². The number of fused-ring (bicyclic) bond motifs is 2. The lowest BCUT2D eigenvalue weighted by Gasteiger charge is -2.19. The summed E-state index contributed by atoms with van der Waals surface area (Å²) in [5, 5.41) is 0.554. The number of aryl methyl sites for hydroxylation is 2. The zero-order valence-corrected chi connectivity index (χ0v) is 13.7. The standard InChI is InChI=1S/C19H16N2O4/c1-11-10-15(12-6-4-5-9-16(12)20-11)19(24)25-21-17(22)13-7-2-3-8-14(13)18(21)23/h2-3,7-8,10H,4-6,9H2,1H3. The summed E-state index contributed by atoms with van der Waals surface area (Å²) in [6.45, 7) is 1.81. The summed E-state index contributed by atoms with van der Waals surface area (Å²) >= 11 is 0. The lowest BCUT2D eigenvalue weighted by molar-refractivity contribution is -0.0585. The van der Waals surface area contributed by atoms with E-state index in [1.54, 1.807) is 30.3 Å². The lowest BCUT2D eigenvalue weighted by Crippen LogP contribution is -2.33. The normalized spacial score (nSPS) is 15.8. The molecule has 2 aliphatic rings. The second-order valence-corrected chi connectivity index (χ2v) is 6.27. The van der Waals surface area contributed by atoms with E-state index in [1.165, 1.54) is 0 Å². The van der Waals surface area contributed by atoms with Gasteiger partial charge in [-0.25, -0.2) is 4.79 Å². The molecule has 0 bridgehead atoms. The average Bonchev–Trinajstić information content (AvgIpc) is 2.86. The second-order valence-electron chi connectivity index (χ2n) is 6.27. The summed E-state index contributed by atoms with van der Waals surface area (Å²) in [6, 6.07) is 8.07. The summed E-state index contributed by atoms with van der Waals surface area (Å²) in [7, 11) is 0. The van der Waals surface area contributed by atoms with Gasteiger partial charge in [-0.2, -0.15) is 0 Å². The monoisotopic (exact) mass is 336 g/mol. The number of aromatic nitrogens is 1. The molecule has 0 unspecified atom stereocenters. The molecule has 1 aliphatic heterocycles. The van der Waals surface area contributed by atoms with Crippen LogP contribution >= 0.6 is 0 Å². The van der Waals surface area contributed by atoms with Crippen LogP contribution in [0.2, 0.25) is 0 Å². The number of nitrogens with zero attached hydrogens (tertiary/aromatic N) is 2. The van der Waals surface area contributed by atoms with Crippen molar-refractivity contribution in [2.45, 2.75) is 32.6 Å². The molecule has 0 saturated heterocycles. The van der Waals surface area contributed by atoms with Crippen LogP contribution in [-0.2, 0) is 17.7 Å². The van der Waals surface area contributed by atoms with Gasteiger partial charge in [0.25, 0.3) is 11.8 Å². The van der Waals surface area contributed by atoms with Gasteiger partial charge in [0, 0.05) is 11.4 Å². The zero-order valence-electron chi connectivity index (χ0n) is 13.7. The van der Waals surface area contributed by atoms with Crippen LogP contribution < -0.4 is 0 Å². The molecule has 0 radical (unpaired) electrons. The Kier molecular flexibility index (Phi) is 3.60. The van der Waals surface area contributed by atoms with Crippen molar-refractivity contribution in [3.05, 3.63) is 64.0 Å². The Balaban J connectivity index is 1.65. The summed E-state index contributed by atoms with van der Waals surface area (Å²) in [6.07, 6.45) is 3.58. The van der Waals surface area contributed by atoms with Crippen molar-refractivity contribution < 1.29 is 19.2 Å². The number of hydrogen-bond donors (Lipinski definition) is 0. The zero-order chi connectivity index (χ0) is 17.6. The topological polar surface area (TPSA) is 76.6 Å². The van der Waals surface area contributed by atoms with Gasteiger partial charge >= 0.3 is 5.97 Å². The van der Waals surface area contributed by atoms with Crippen molar-refractivity contribution >= 4 is 17.8 Å². The van der Waals surface area contributed by atoms with Crippen molar-refractivity contribution in [3.8, 4) is 0 Å². The van der Waals surface area contributed by atoms with E-state index >= 15 is 0 Å². The minimum atomic E-state index is -0.696. The Morgan fingerprint density at radius 1 is 1.08 bits per heavy atom. The number of carbonyl (C=O) groups excluding carboxylic acids is 3. The van der Waals surface area contributed by atoms with E-state index in [1.807, 2.05) is 6.92 Å². The van der Waals surface area contributed by atoms with Gasteiger partial charge in [-0.3, -0.25) is 14.6 Å². The Labute approximate surface area is 144 Å². The molecule has 1 aliphatic carbocycles. The number of imide groups is 1. The van der Waals surface area contributed by atoms with Crippen molar-refractivity contribution in [2.75, 3.05) is 0 Å². The van der Waals surface area contributed by atoms with E-state index in [2.05, 4.69) is 4.98 Å². The van der Waals surface area contributed by atoms with Crippen LogP contribution in [0.25, 0.3) is 0 Å². The molecule has 0 atom stereocenters. The third kappa shape index (κ3) is 2.50. The first kappa shape index (κ1) is 15.5. The van der Waals surface area contributed by atoms with Crippen molar-refractivity contribution in [1.29, 1.82) is 0 Å². The van der Waals surface area contributed by atoms with E-state index in [0.29, 0.717) is 10.6 Å². The predicted molar refractivity (Wildman–Crippen MR) is 88.0 cm³/mol. The van der Waals surface area contributed by atoms with Crippen LogP contribution in [0, 0.1) is 6.92 Å². The number of benzene rings is 1. The molecule has 0 saturated carbocycles. The SMILES string of the molecule is Cc1cc(C(=O)ON2C(=O)c3ccccc3C2=O)c2c(n1)CCCC2. The first-order chi connectivity index (χ1) is 12.1. The molecule has 1 aromatic carbocycles. The molecular weight excluding hydrogens is 320 g/mol.